The number of hydrogen-bond donors (Lipinski definition) is 1. The second kappa shape index (κ2) is 7.70. The molecule has 0 aromatic heterocycles. The smallest absolute Gasteiger partial charge is 0.248 e. The van der Waals surface area contributed by atoms with Crippen LogP contribution in [0.3, 0.4) is 0 Å². The quantitative estimate of drug-likeness (QED) is 0.896. The zero-order valence-electron chi connectivity index (χ0n) is 15.0. The van der Waals surface area contributed by atoms with Crippen molar-refractivity contribution in [2.24, 2.45) is 5.73 Å². The molecule has 3 rings (SSSR count). The fourth-order valence-electron chi connectivity index (χ4n) is 3.54. The summed E-state index contributed by atoms with van der Waals surface area (Å²) in [4.78, 5) is 14.0. The summed E-state index contributed by atoms with van der Waals surface area (Å²) in [5, 5.41) is 0. The van der Waals surface area contributed by atoms with E-state index < -0.39 is 5.91 Å². The number of ether oxygens (including phenoxy) is 1. The van der Waals surface area contributed by atoms with Crippen molar-refractivity contribution in [3.63, 3.8) is 0 Å². The molecule has 4 heteroatoms. The van der Waals surface area contributed by atoms with Gasteiger partial charge in [-0.05, 0) is 62.2 Å². The Balaban J connectivity index is 1.87. The molecule has 1 aliphatic heterocycles. The van der Waals surface area contributed by atoms with Gasteiger partial charge in [-0.15, -0.1) is 0 Å². The molecule has 4 nitrogen and oxygen atoms in total. The molecule has 0 saturated carbocycles. The summed E-state index contributed by atoms with van der Waals surface area (Å²) in [6.07, 6.45) is 3.93. The van der Waals surface area contributed by atoms with Crippen molar-refractivity contribution in [2.75, 3.05) is 20.2 Å². The maximum Gasteiger partial charge on any atom is 0.248 e. The Morgan fingerprint density at radius 3 is 2.36 bits per heavy atom. The van der Waals surface area contributed by atoms with Crippen LogP contribution in [0.5, 0.6) is 5.75 Å². The van der Waals surface area contributed by atoms with Gasteiger partial charge in [-0.1, -0.05) is 30.7 Å². The van der Waals surface area contributed by atoms with Crippen molar-refractivity contribution in [1.29, 1.82) is 0 Å². The second-order valence-corrected chi connectivity index (χ2v) is 6.67. The number of hydrogen-bond acceptors (Lipinski definition) is 3. The SMILES string of the molecule is COc1ccc(C(N)=O)cc1-c1ccc(C(C)N2CCCCC2)cc1. The number of nitrogens with two attached hydrogens (primary N) is 1. The lowest BCUT2D eigenvalue weighted by Crippen LogP contribution is -2.32. The lowest BCUT2D eigenvalue weighted by Gasteiger charge is -2.32. The van der Waals surface area contributed by atoms with Crippen molar-refractivity contribution < 1.29 is 9.53 Å². The zero-order valence-corrected chi connectivity index (χ0v) is 15.0. The highest BCUT2D eigenvalue weighted by atomic mass is 16.5. The van der Waals surface area contributed by atoms with Gasteiger partial charge in [-0.2, -0.15) is 0 Å². The molecule has 132 valence electrons. The summed E-state index contributed by atoms with van der Waals surface area (Å²) in [5.74, 6) is 0.307. The van der Waals surface area contributed by atoms with E-state index in [9.17, 15) is 4.79 Å². The zero-order chi connectivity index (χ0) is 17.8. The molecule has 0 bridgehead atoms. The Morgan fingerprint density at radius 2 is 1.76 bits per heavy atom. The molecule has 1 amide bonds. The summed E-state index contributed by atoms with van der Waals surface area (Å²) in [7, 11) is 1.63. The van der Waals surface area contributed by atoms with Gasteiger partial charge >= 0.3 is 0 Å². The van der Waals surface area contributed by atoms with Gasteiger partial charge in [-0.3, -0.25) is 9.69 Å². The van der Waals surface area contributed by atoms with E-state index in [0.29, 0.717) is 11.6 Å². The second-order valence-electron chi connectivity index (χ2n) is 6.67. The van der Waals surface area contributed by atoms with Gasteiger partial charge in [-0.25, -0.2) is 0 Å². The van der Waals surface area contributed by atoms with E-state index in [4.69, 9.17) is 10.5 Å². The molecule has 2 aromatic rings. The largest absolute Gasteiger partial charge is 0.496 e. The predicted octanol–water partition coefficient (Wildman–Crippen LogP) is 4.01. The Kier molecular flexibility index (Phi) is 5.39. The number of rotatable bonds is 5. The minimum Gasteiger partial charge on any atom is -0.496 e. The summed E-state index contributed by atoms with van der Waals surface area (Å²) in [6.45, 7) is 4.63. The normalized spacial score (nSPS) is 16.4. The van der Waals surface area contributed by atoms with Gasteiger partial charge in [0.25, 0.3) is 0 Å². The molecule has 1 atom stereocenters. The van der Waals surface area contributed by atoms with Crippen LogP contribution in [-0.4, -0.2) is 31.0 Å². The van der Waals surface area contributed by atoms with Crippen LogP contribution >= 0.6 is 0 Å². The number of benzene rings is 2. The number of likely N-dealkylation sites (tertiary alicyclic amines) is 1. The van der Waals surface area contributed by atoms with Crippen LogP contribution in [0.15, 0.2) is 42.5 Å². The molecule has 25 heavy (non-hydrogen) atoms. The van der Waals surface area contributed by atoms with Crippen LogP contribution in [0.4, 0.5) is 0 Å². The first-order valence-electron chi connectivity index (χ1n) is 8.92. The minimum absolute atomic E-state index is 0.424. The third-order valence-corrected chi connectivity index (χ3v) is 5.13. The van der Waals surface area contributed by atoms with E-state index in [2.05, 4.69) is 36.1 Å². The van der Waals surface area contributed by atoms with Gasteiger partial charge < -0.3 is 10.5 Å². The van der Waals surface area contributed by atoms with E-state index in [0.717, 1.165) is 16.9 Å². The molecule has 0 aliphatic carbocycles. The summed E-state index contributed by atoms with van der Waals surface area (Å²) in [5.41, 5.74) is 9.12. The Morgan fingerprint density at radius 1 is 1.08 bits per heavy atom. The van der Waals surface area contributed by atoms with Crippen LogP contribution in [0.1, 0.15) is 48.1 Å². The van der Waals surface area contributed by atoms with Crippen LogP contribution in [0.2, 0.25) is 0 Å². The van der Waals surface area contributed by atoms with Gasteiger partial charge in [0, 0.05) is 17.2 Å². The maximum absolute atomic E-state index is 11.5. The lowest BCUT2D eigenvalue weighted by molar-refractivity contribution is 0.100. The van der Waals surface area contributed by atoms with E-state index in [1.54, 1.807) is 25.3 Å². The molecule has 1 saturated heterocycles. The van der Waals surface area contributed by atoms with Gasteiger partial charge in [0.05, 0.1) is 7.11 Å². The van der Waals surface area contributed by atoms with Crippen LogP contribution in [0, 0.1) is 0 Å². The van der Waals surface area contributed by atoms with Gasteiger partial charge in [0.2, 0.25) is 5.91 Å². The van der Waals surface area contributed by atoms with Crippen molar-refractivity contribution in [3.05, 3.63) is 53.6 Å². The predicted molar refractivity (Wildman–Crippen MR) is 101 cm³/mol. The molecule has 1 unspecified atom stereocenters. The first-order valence-corrected chi connectivity index (χ1v) is 8.92. The highest BCUT2D eigenvalue weighted by Gasteiger charge is 2.18. The monoisotopic (exact) mass is 338 g/mol. The highest BCUT2D eigenvalue weighted by molar-refractivity contribution is 5.94. The average molecular weight is 338 g/mol. The number of amides is 1. The number of carbonyl (C=O) groups is 1. The minimum atomic E-state index is -0.431. The molecule has 0 radical (unpaired) electrons. The first-order chi connectivity index (χ1) is 12.1. The van der Waals surface area contributed by atoms with E-state index in [-0.39, 0.29) is 0 Å². The fraction of sp³-hybridized carbons (Fsp3) is 0.381. The first kappa shape index (κ1) is 17.5. The van der Waals surface area contributed by atoms with E-state index in [1.165, 1.54) is 37.9 Å². The number of methoxy groups -OCH3 is 1. The molecule has 0 spiro atoms. The van der Waals surface area contributed by atoms with Crippen molar-refractivity contribution in [2.45, 2.75) is 32.2 Å². The summed E-state index contributed by atoms with van der Waals surface area (Å²) in [6, 6.07) is 14.2. The number of primary amides is 1. The number of nitrogens with zero attached hydrogens (tertiary/aromatic N) is 1. The van der Waals surface area contributed by atoms with Crippen LogP contribution < -0.4 is 10.5 Å². The van der Waals surface area contributed by atoms with Gasteiger partial charge in [0.1, 0.15) is 5.75 Å². The molecular formula is C21H26N2O2. The highest BCUT2D eigenvalue weighted by Crippen LogP contribution is 2.32. The Hall–Kier alpha value is -2.33. The summed E-state index contributed by atoms with van der Waals surface area (Å²) < 4.78 is 5.45. The third-order valence-electron chi connectivity index (χ3n) is 5.13. The average Bonchev–Trinajstić information content (AvgIpc) is 2.67. The maximum atomic E-state index is 11.5. The van der Waals surface area contributed by atoms with E-state index >= 15 is 0 Å². The lowest BCUT2D eigenvalue weighted by atomic mass is 9.97. The number of carbonyl (C=O) groups excluding carboxylic acids is 1. The molecule has 2 N–H and O–H groups in total. The van der Waals surface area contributed by atoms with Crippen LogP contribution in [-0.2, 0) is 0 Å². The molecule has 1 aliphatic rings. The molecule has 1 fully saturated rings. The fourth-order valence-corrected chi connectivity index (χ4v) is 3.54. The van der Waals surface area contributed by atoms with Crippen molar-refractivity contribution in [3.8, 4) is 16.9 Å². The van der Waals surface area contributed by atoms with E-state index in [1.807, 2.05) is 0 Å². The Labute approximate surface area is 149 Å². The molecule has 2 aromatic carbocycles. The summed E-state index contributed by atoms with van der Waals surface area (Å²) >= 11 is 0. The van der Waals surface area contributed by atoms with Crippen molar-refractivity contribution in [1.82, 2.24) is 4.90 Å². The number of piperidine rings is 1. The Bertz CT molecular complexity index is 734. The van der Waals surface area contributed by atoms with Crippen LogP contribution in [0.25, 0.3) is 11.1 Å². The molecule has 1 heterocycles. The standard InChI is InChI=1S/C21H26N2O2/c1-15(23-12-4-3-5-13-23)16-6-8-17(9-7-16)19-14-18(21(22)24)10-11-20(19)25-2/h6-11,14-15H,3-5,12-13H2,1-2H3,(H2,22,24). The topological polar surface area (TPSA) is 55.6 Å². The molecular weight excluding hydrogens is 312 g/mol. The van der Waals surface area contributed by atoms with Gasteiger partial charge in [0.15, 0.2) is 0 Å². The third kappa shape index (κ3) is 3.85. The van der Waals surface area contributed by atoms with Crippen molar-refractivity contribution >= 4 is 5.91 Å².